The highest BCUT2D eigenvalue weighted by Gasteiger charge is 2.29. The molecule has 1 unspecified atom stereocenters. The summed E-state index contributed by atoms with van der Waals surface area (Å²) in [6.07, 6.45) is 3.81. The molecule has 16 heavy (non-hydrogen) atoms. The second-order valence-corrected chi connectivity index (χ2v) is 4.83. The summed E-state index contributed by atoms with van der Waals surface area (Å²) in [7, 11) is 0. The Morgan fingerprint density at radius 3 is 2.62 bits per heavy atom. The molecule has 2 saturated heterocycles. The van der Waals surface area contributed by atoms with Crippen molar-refractivity contribution in [3.8, 4) is 0 Å². The van der Waals surface area contributed by atoms with Crippen molar-refractivity contribution in [2.45, 2.75) is 25.3 Å². The molecule has 0 aromatic rings. The maximum atomic E-state index is 10.7. The topological polar surface area (TPSA) is 43.8 Å². The maximum Gasteiger partial charge on any atom is 0.332 e. The third-order valence-electron chi connectivity index (χ3n) is 3.62. The first-order chi connectivity index (χ1) is 7.66. The lowest BCUT2D eigenvalue weighted by Gasteiger charge is -2.23. The second kappa shape index (κ2) is 4.97. The first kappa shape index (κ1) is 11.6. The van der Waals surface area contributed by atoms with Gasteiger partial charge < -0.3 is 5.11 Å². The van der Waals surface area contributed by atoms with Crippen LogP contribution in [0.4, 0.5) is 0 Å². The molecule has 2 aliphatic heterocycles. The van der Waals surface area contributed by atoms with Gasteiger partial charge in [-0.2, -0.15) is 0 Å². The molecule has 90 valence electrons. The number of carboxylic acids is 1. The van der Waals surface area contributed by atoms with E-state index in [0.29, 0.717) is 18.2 Å². The lowest BCUT2D eigenvalue weighted by molar-refractivity contribution is -0.132. The summed E-state index contributed by atoms with van der Waals surface area (Å²) >= 11 is 0. The van der Waals surface area contributed by atoms with Crippen LogP contribution in [0.1, 0.15) is 19.3 Å². The summed E-state index contributed by atoms with van der Waals surface area (Å²) in [4.78, 5) is 15.4. The van der Waals surface area contributed by atoms with Crippen LogP contribution < -0.4 is 0 Å². The van der Waals surface area contributed by atoms with Gasteiger partial charge in [-0.05, 0) is 32.4 Å². The van der Waals surface area contributed by atoms with E-state index in [9.17, 15) is 4.79 Å². The van der Waals surface area contributed by atoms with Crippen LogP contribution >= 0.6 is 0 Å². The Morgan fingerprint density at radius 2 is 2.00 bits per heavy atom. The van der Waals surface area contributed by atoms with Crippen LogP contribution in [-0.4, -0.2) is 59.6 Å². The number of likely N-dealkylation sites (tertiary alicyclic amines) is 2. The van der Waals surface area contributed by atoms with E-state index >= 15 is 0 Å². The van der Waals surface area contributed by atoms with Crippen molar-refractivity contribution in [1.82, 2.24) is 9.80 Å². The van der Waals surface area contributed by atoms with E-state index in [4.69, 9.17) is 5.11 Å². The van der Waals surface area contributed by atoms with Crippen LogP contribution in [0, 0.1) is 0 Å². The van der Waals surface area contributed by atoms with E-state index in [2.05, 4.69) is 16.4 Å². The van der Waals surface area contributed by atoms with E-state index in [-0.39, 0.29) is 0 Å². The van der Waals surface area contributed by atoms with Crippen molar-refractivity contribution < 1.29 is 9.90 Å². The Labute approximate surface area is 96.5 Å². The SMILES string of the molecule is C=C(CN1CCC(N2CCCC2)C1)C(=O)O. The highest BCUT2D eigenvalue weighted by molar-refractivity contribution is 5.86. The third kappa shape index (κ3) is 2.62. The zero-order valence-electron chi connectivity index (χ0n) is 9.69. The lowest BCUT2D eigenvalue weighted by atomic mass is 10.2. The minimum Gasteiger partial charge on any atom is -0.478 e. The van der Waals surface area contributed by atoms with Gasteiger partial charge in [0.1, 0.15) is 0 Å². The normalized spacial score (nSPS) is 27.4. The molecule has 2 rings (SSSR count). The molecule has 4 heteroatoms. The smallest absolute Gasteiger partial charge is 0.332 e. The molecule has 2 heterocycles. The van der Waals surface area contributed by atoms with Crippen molar-refractivity contribution in [3.05, 3.63) is 12.2 Å². The number of carbonyl (C=O) groups is 1. The Kier molecular flexibility index (Phi) is 3.61. The molecular weight excluding hydrogens is 204 g/mol. The van der Waals surface area contributed by atoms with Crippen LogP contribution in [-0.2, 0) is 4.79 Å². The molecule has 0 saturated carbocycles. The van der Waals surface area contributed by atoms with Gasteiger partial charge in [-0.15, -0.1) is 0 Å². The summed E-state index contributed by atoms with van der Waals surface area (Å²) in [6.45, 7) is 8.55. The number of hydrogen-bond donors (Lipinski definition) is 1. The van der Waals surface area contributed by atoms with Gasteiger partial charge in [-0.3, -0.25) is 9.80 Å². The molecule has 1 atom stereocenters. The van der Waals surface area contributed by atoms with Crippen molar-refractivity contribution >= 4 is 5.97 Å². The van der Waals surface area contributed by atoms with Crippen molar-refractivity contribution in [1.29, 1.82) is 0 Å². The quantitative estimate of drug-likeness (QED) is 0.717. The number of aliphatic carboxylic acids is 1. The van der Waals surface area contributed by atoms with Gasteiger partial charge in [0.2, 0.25) is 0 Å². The second-order valence-electron chi connectivity index (χ2n) is 4.83. The highest BCUT2D eigenvalue weighted by atomic mass is 16.4. The monoisotopic (exact) mass is 224 g/mol. The van der Waals surface area contributed by atoms with Crippen LogP contribution in [0.3, 0.4) is 0 Å². The van der Waals surface area contributed by atoms with Gasteiger partial charge in [0.25, 0.3) is 0 Å². The number of hydrogen-bond acceptors (Lipinski definition) is 3. The third-order valence-corrected chi connectivity index (χ3v) is 3.62. The number of carboxylic acid groups (broad SMARTS) is 1. The maximum absolute atomic E-state index is 10.7. The van der Waals surface area contributed by atoms with Gasteiger partial charge in [0.15, 0.2) is 0 Å². The minimum absolute atomic E-state index is 0.307. The molecule has 0 aliphatic carbocycles. The zero-order valence-corrected chi connectivity index (χ0v) is 9.69. The molecule has 0 radical (unpaired) electrons. The van der Waals surface area contributed by atoms with E-state index < -0.39 is 5.97 Å². The fraction of sp³-hybridized carbons (Fsp3) is 0.750. The van der Waals surface area contributed by atoms with Crippen LogP contribution in [0.25, 0.3) is 0 Å². The molecule has 0 spiro atoms. The van der Waals surface area contributed by atoms with Gasteiger partial charge in [0.05, 0.1) is 0 Å². The average molecular weight is 224 g/mol. The van der Waals surface area contributed by atoms with Gasteiger partial charge in [0, 0.05) is 31.2 Å². The average Bonchev–Trinajstić information content (AvgIpc) is 2.85. The summed E-state index contributed by atoms with van der Waals surface area (Å²) in [5, 5.41) is 8.78. The molecular formula is C12H20N2O2. The number of nitrogens with zero attached hydrogens (tertiary/aromatic N) is 2. The highest BCUT2D eigenvalue weighted by Crippen LogP contribution is 2.20. The number of rotatable bonds is 4. The molecule has 2 fully saturated rings. The Bertz CT molecular complexity index is 285. The fourth-order valence-corrected chi connectivity index (χ4v) is 2.70. The molecule has 4 nitrogen and oxygen atoms in total. The van der Waals surface area contributed by atoms with Crippen molar-refractivity contribution in [2.24, 2.45) is 0 Å². The fourth-order valence-electron chi connectivity index (χ4n) is 2.70. The summed E-state index contributed by atoms with van der Waals surface area (Å²) in [5.74, 6) is -0.871. The van der Waals surface area contributed by atoms with E-state index in [1.807, 2.05) is 0 Å². The van der Waals surface area contributed by atoms with E-state index in [0.717, 1.165) is 13.1 Å². The summed E-state index contributed by atoms with van der Waals surface area (Å²) in [5.41, 5.74) is 0.307. The summed E-state index contributed by atoms with van der Waals surface area (Å²) < 4.78 is 0. The standard InChI is InChI=1S/C12H20N2O2/c1-10(12(15)16)8-13-7-4-11(9-13)14-5-2-3-6-14/h11H,1-9H2,(H,15,16). The zero-order chi connectivity index (χ0) is 11.5. The molecule has 2 aliphatic rings. The largest absolute Gasteiger partial charge is 0.478 e. The van der Waals surface area contributed by atoms with Crippen LogP contribution in [0.15, 0.2) is 12.2 Å². The predicted molar refractivity (Wildman–Crippen MR) is 62.4 cm³/mol. The van der Waals surface area contributed by atoms with Crippen LogP contribution in [0.2, 0.25) is 0 Å². The van der Waals surface area contributed by atoms with Gasteiger partial charge >= 0.3 is 5.97 Å². The first-order valence-corrected chi connectivity index (χ1v) is 6.04. The summed E-state index contributed by atoms with van der Waals surface area (Å²) in [6, 6.07) is 0.643. The Hall–Kier alpha value is -0.870. The first-order valence-electron chi connectivity index (χ1n) is 6.04. The molecule has 0 aromatic carbocycles. The van der Waals surface area contributed by atoms with Crippen LogP contribution in [0.5, 0.6) is 0 Å². The van der Waals surface area contributed by atoms with Crippen molar-refractivity contribution in [3.63, 3.8) is 0 Å². The lowest BCUT2D eigenvalue weighted by Crippen LogP contribution is -2.36. The van der Waals surface area contributed by atoms with Gasteiger partial charge in [-0.25, -0.2) is 4.79 Å². The molecule has 0 aromatic heterocycles. The molecule has 0 amide bonds. The minimum atomic E-state index is -0.871. The molecule has 1 N–H and O–H groups in total. The molecule has 0 bridgehead atoms. The Morgan fingerprint density at radius 1 is 1.31 bits per heavy atom. The van der Waals surface area contributed by atoms with Gasteiger partial charge in [-0.1, -0.05) is 6.58 Å². The van der Waals surface area contributed by atoms with E-state index in [1.54, 1.807) is 0 Å². The van der Waals surface area contributed by atoms with Crippen molar-refractivity contribution in [2.75, 3.05) is 32.7 Å². The predicted octanol–water partition coefficient (Wildman–Crippen LogP) is 0.797. The Balaban J connectivity index is 1.79. The van der Waals surface area contributed by atoms with E-state index in [1.165, 1.54) is 32.4 Å².